The zero-order valence-corrected chi connectivity index (χ0v) is 20.2. The zero-order chi connectivity index (χ0) is 23.9. The maximum atomic E-state index is 13.4. The number of nitrogens with one attached hydrogen (secondary N) is 2. The van der Waals surface area contributed by atoms with Gasteiger partial charge in [0.25, 0.3) is 0 Å². The van der Waals surface area contributed by atoms with Crippen LogP contribution in [0.1, 0.15) is 22.7 Å². The van der Waals surface area contributed by atoms with Crippen molar-refractivity contribution >= 4 is 39.6 Å². The Bertz CT molecular complexity index is 1250. The molecule has 0 saturated carbocycles. The van der Waals surface area contributed by atoms with Crippen LogP contribution in [0.25, 0.3) is 11.3 Å². The van der Waals surface area contributed by atoms with E-state index in [1.165, 1.54) is 34.8 Å². The second kappa shape index (κ2) is 11.2. The summed E-state index contributed by atoms with van der Waals surface area (Å²) >= 11 is 2.85. The van der Waals surface area contributed by atoms with Gasteiger partial charge in [-0.05, 0) is 42.5 Å². The molecular formula is C24H24FN5O2S2. The number of thiophene rings is 1. The first-order valence-electron chi connectivity index (χ1n) is 10.8. The number of aromatic amines is 1. The SMILES string of the molecule is CN(CCCc1cc(-c2cccc(F)c2)n[nH]1)C(=O)Cc1csc(NC(=O)Cc2cccs2)n1. The average molecular weight is 498 g/mol. The molecule has 0 atom stereocenters. The Balaban J connectivity index is 1.20. The number of thiazole rings is 1. The number of hydrogen-bond acceptors (Lipinski definition) is 6. The van der Waals surface area contributed by atoms with Gasteiger partial charge in [-0.2, -0.15) is 5.10 Å². The van der Waals surface area contributed by atoms with Crippen molar-refractivity contribution in [3.8, 4) is 11.3 Å². The Kier molecular flexibility index (Phi) is 7.81. The van der Waals surface area contributed by atoms with Crippen LogP contribution >= 0.6 is 22.7 Å². The molecule has 0 aliphatic rings. The first-order chi connectivity index (χ1) is 16.5. The molecule has 4 aromatic rings. The molecule has 0 saturated heterocycles. The fourth-order valence-electron chi connectivity index (χ4n) is 3.39. The molecule has 3 aromatic heterocycles. The van der Waals surface area contributed by atoms with E-state index >= 15 is 0 Å². The summed E-state index contributed by atoms with van der Waals surface area (Å²) in [7, 11) is 1.77. The number of amides is 2. The van der Waals surface area contributed by atoms with Crippen LogP contribution in [0.15, 0.2) is 53.2 Å². The number of carbonyl (C=O) groups is 2. The predicted octanol–water partition coefficient (Wildman–Crippen LogP) is 4.55. The average Bonchev–Trinajstić information content (AvgIpc) is 3.57. The normalized spacial score (nSPS) is 10.9. The van der Waals surface area contributed by atoms with Crippen LogP contribution in [0.5, 0.6) is 0 Å². The van der Waals surface area contributed by atoms with Gasteiger partial charge in [0, 0.05) is 35.1 Å². The topological polar surface area (TPSA) is 91.0 Å². The van der Waals surface area contributed by atoms with E-state index in [4.69, 9.17) is 0 Å². The van der Waals surface area contributed by atoms with Gasteiger partial charge in [0.15, 0.2) is 5.13 Å². The van der Waals surface area contributed by atoms with Crippen LogP contribution in [0.3, 0.4) is 0 Å². The molecule has 4 rings (SSSR count). The fourth-order valence-corrected chi connectivity index (χ4v) is 4.82. The molecule has 176 valence electrons. The summed E-state index contributed by atoms with van der Waals surface area (Å²) in [6.07, 6.45) is 1.97. The summed E-state index contributed by atoms with van der Waals surface area (Å²) in [4.78, 5) is 31.7. The van der Waals surface area contributed by atoms with Crippen molar-refractivity contribution in [2.75, 3.05) is 18.9 Å². The molecule has 0 unspecified atom stereocenters. The van der Waals surface area contributed by atoms with Gasteiger partial charge in [-0.15, -0.1) is 22.7 Å². The van der Waals surface area contributed by atoms with E-state index in [0.717, 1.165) is 29.0 Å². The molecule has 0 radical (unpaired) electrons. The van der Waals surface area contributed by atoms with E-state index in [1.54, 1.807) is 23.4 Å². The molecule has 0 fully saturated rings. The van der Waals surface area contributed by atoms with Crippen molar-refractivity contribution in [2.24, 2.45) is 0 Å². The minimum atomic E-state index is -0.296. The van der Waals surface area contributed by atoms with Crippen molar-refractivity contribution in [1.29, 1.82) is 0 Å². The number of benzene rings is 1. The number of anilines is 1. The largest absolute Gasteiger partial charge is 0.345 e. The van der Waals surface area contributed by atoms with Gasteiger partial charge in [0.05, 0.1) is 24.2 Å². The van der Waals surface area contributed by atoms with Crippen molar-refractivity contribution in [3.05, 3.63) is 75.3 Å². The lowest BCUT2D eigenvalue weighted by molar-refractivity contribution is -0.129. The zero-order valence-electron chi connectivity index (χ0n) is 18.6. The van der Waals surface area contributed by atoms with E-state index in [2.05, 4.69) is 20.5 Å². The van der Waals surface area contributed by atoms with Gasteiger partial charge in [-0.1, -0.05) is 18.2 Å². The van der Waals surface area contributed by atoms with Crippen LogP contribution in [0.4, 0.5) is 9.52 Å². The standard InChI is InChI=1S/C24H24FN5O2S2/c1-30(9-3-7-18-12-21(29-28-18)16-5-2-6-17(25)11-16)23(32)13-19-15-34-24(26-19)27-22(31)14-20-8-4-10-33-20/h2,4-6,8,10-12,15H,3,7,9,13-14H2,1H3,(H,28,29)(H,26,27,31). The highest BCUT2D eigenvalue weighted by Gasteiger charge is 2.14. The highest BCUT2D eigenvalue weighted by molar-refractivity contribution is 7.14. The summed E-state index contributed by atoms with van der Waals surface area (Å²) in [6, 6.07) is 12.1. The highest BCUT2D eigenvalue weighted by Crippen LogP contribution is 2.20. The lowest BCUT2D eigenvalue weighted by atomic mass is 10.1. The van der Waals surface area contributed by atoms with E-state index in [9.17, 15) is 14.0 Å². The second-order valence-electron chi connectivity index (χ2n) is 7.83. The third kappa shape index (κ3) is 6.58. The number of rotatable bonds is 10. The molecule has 1 aromatic carbocycles. The predicted molar refractivity (Wildman–Crippen MR) is 132 cm³/mol. The van der Waals surface area contributed by atoms with E-state index in [1.807, 2.05) is 29.6 Å². The number of H-pyrrole nitrogens is 1. The Morgan fingerprint density at radius 2 is 2.03 bits per heavy atom. The van der Waals surface area contributed by atoms with Gasteiger partial charge in [-0.25, -0.2) is 9.37 Å². The minimum Gasteiger partial charge on any atom is -0.345 e. The van der Waals surface area contributed by atoms with Crippen LogP contribution in [0.2, 0.25) is 0 Å². The van der Waals surface area contributed by atoms with Gasteiger partial charge < -0.3 is 10.2 Å². The molecule has 2 amide bonds. The smallest absolute Gasteiger partial charge is 0.231 e. The van der Waals surface area contributed by atoms with Crippen LogP contribution in [-0.4, -0.2) is 45.5 Å². The van der Waals surface area contributed by atoms with Gasteiger partial charge in [-0.3, -0.25) is 14.7 Å². The van der Waals surface area contributed by atoms with Crippen molar-refractivity contribution in [3.63, 3.8) is 0 Å². The van der Waals surface area contributed by atoms with E-state index < -0.39 is 0 Å². The van der Waals surface area contributed by atoms with Gasteiger partial charge in [0.1, 0.15) is 5.82 Å². The molecule has 10 heteroatoms. The molecule has 7 nitrogen and oxygen atoms in total. The first kappa shape index (κ1) is 23.8. The summed E-state index contributed by atoms with van der Waals surface area (Å²) in [5.41, 5.74) is 2.99. The molecular weight excluding hydrogens is 473 g/mol. The maximum Gasteiger partial charge on any atom is 0.231 e. The fraction of sp³-hybridized carbons (Fsp3) is 0.250. The van der Waals surface area contributed by atoms with Crippen LogP contribution in [0, 0.1) is 5.82 Å². The monoisotopic (exact) mass is 497 g/mol. The molecule has 2 N–H and O–H groups in total. The van der Waals surface area contributed by atoms with Gasteiger partial charge in [0.2, 0.25) is 11.8 Å². The third-order valence-corrected chi connectivity index (χ3v) is 6.84. The Morgan fingerprint density at radius 3 is 2.82 bits per heavy atom. The van der Waals surface area contributed by atoms with E-state index in [0.29, 0.717) is 29.5 Å². The van der Waals surface area contributed by atoms with E-state index in [-0.39, 0.29) is 24.1 Å². The molecule has 34 heavy (non-hydrogen) atoms. The Morgan fingerprint density at radius 1 is 1.15 bits per heavy atom. The number of hydrogen-bond donors (Lipinski definition) is 2. The summed E-state index contributed by atoms with van der Waals surface area (Å²) in [6.45, 7) is 0.585. The van der Waals surface area contributed by atoms with Crippen LogP contribution < -0.4 is 5.32 Å². The minimum absolute atomic E-state index is 0.0353. The summed E-state index contributed by atoms with van der Waals surface area (Å²) in [5, 5.41) is 14.3. The van der Waals surface area contributed by atoms with Gasteiger partial charge >= 0.3 is 0 Å². The number of nitrogens with zero attached hydrogens (tertiary/aromatic N) is 3. The number of aromatic nitrogens is 3. The molecule has 0 bridgehead atoms. The number of halogens is 1. The number of carbonyl (C=O) groups excluding carboxylic acids is 2. The maximum absolute atomic E-state index is 13.4. The molecule has 0 aliphatic carbocycles. The Hall–Kier alpha value is -3.37. The molecule has 0 spiro atoms. The van der Waals surface area contributed by atoms with Crippen LogP contribution in [-0.2, 0) is 28.9 Å². The van der Waals surface area contributed by atoms with Crippen molar-refractivity contribution in [1.82, 2.24) is 20.1 Å². The van der Waals surface area contributed by atoms with Crippen molar-refractivity contribution in [2.45, 2.75) is 25.7 Å². The quantitative estimate of drug-likeness (QED) is 0.336. The lowest BCUT2D eigenvalue weighted by Crippen LogP contribution is -2.29. The molecule has 0 aliphatic heterocycles. The number of aryl methyl sites for hydroxylation is 1. The third-order valence-electron chi connectivity index (χ3n) is 5.16. The first-order valence-corrected chi connectivity index (χ1v) is 12.5. The summed E-state index contributed by atoms with van der Waals surface area (Å²) in [5.74, 6) is -0.451. The lowest BCUT2D eigenvalue weighted by Gasteiger charge is -2.16. The highest BCUT2D eigenvalue weighted by atomic mass is 32.1. The van der Waals surface area contributed by atoms with Crippen molar-refractivity contribution < 1.29 is 14.0 Å². The Labute approximate surface area is 204 Å². The summed E-state index contributed by atoms with van der Waals surface area (Å²) < 4.78 is 13.4. The second-order valence-corrected chi connectivity index (χ2v) is 9.72. The molecule has 3 heterocycles. The number of likely N-dealkylation sites (N-methyl/N-ethyl adjacent to an activating group) is 1.